The monoisotopic (exact) mass is 405 g/mol. The quantitative estimate of drug-likeness (QED) is 0.760. The molecule has 0 atom stereocenters. The lowest BCUT2D eigenvalue weighted by Gasteiger charge is -2.31. The summed E-state index contributed by atoms with van der Waals surface area (Å²) >= 11 is 3.41. The summed E-state index contributed by atoms with van der Waals surface area (Å²) < 4.78 is 12.0. The van der Waals surface area contributed by atoms with Gasteiger partial charge in [0.2, 0.25) is 0 Å². The molecule has 25 heavy (non-hydrogen) atoms. The van der Waals surface area contributed by atoms with E-state index in [4.69, 9.17) is 9.26 Å². The lowest BCUT2D eigenvalue weighted by molar-refractivity contribution is -0.00978. The zero-order valence-corrected chi connectivity index (χ0v) is 15.4. The third-order valence-corrected chi connectivity index (χ3v) is 5.16. The number of benzene rings is 1. The lowest BCUT2D eigenvalue weighted by atomic mass is 10.1. The molecule has 0 unspecified atom stereocenters. The van der Waals surface area contributed by atoms with Gasteiger partial charge in [-0.1, -0.05) is 27.2 Å². The van der Waals surface area contributed by atoms with E-state index in [1.807, 2.05) is 29.2 Å². The van der Waals surface area contributed by atoms with E-state index in [2.05, 4.69) is 26.1 Å². The molecule has 6 nitrogen and oxygen atoms in total. The van der Waals surface area contributed by atoms with Gasteiger partial charge in [-0.25, -0.2) is 0 Å². The number of likely N-dealkylation sites (tertiary alicyclic amines) is 1. The minimum absolute atomic E-state index is 0.0747. The van der Waals surface area contributed by atoms with Crippen molar-refractivity contribution >= 4 is 21.8 Å². The minimum Gasteiger partial charge on any atom is -0.368 e. The highest BCUT2D eigenvalue weighted by atomic mass is 79.9. The predicted octanol–water partition coefficient (Wildman–Crippen LogP) is 3.53. The molecule has 4 rings (SSSR count). The number of nitrogens with zero attached hydrogens (tertiary/aromatic N) is 3. The zero-order chi connectivity index (χ0) is 17.2. The summed E-state index contributed by atoms with van der Waals surface area (Å²) in [5.41, 5.74) is 0.715. The van der Waals surface area contributed by atoms with Gasteiger partial charge in [0.15, 0.2) is 5.82 Å². The Hall–Kier alpha value is -1.73. The number of hydrogen-bond acceptors (Lipinski definition) is 5. The van der Waals surface area contributed by atoms with Crippen LogP contribution in [0.25, 0.3) is 0 Å². The SMILES string of the molecule is O=C(c1cccc(Br)c1)N1CCC(OCc2nc(C3CC3)no2)CC1. The molecule has 1 aromatic heterocycles. The Bertz CT molecular complexity index is 752. The summed E-state index contributed by atoms with van der Waals surface area (Å²) in [6.07, 6.45) is 4.09. The molecule has 1 aliphatic heterocycles. The smallest absolute Gasteiger partial charge is 0.253 e. The molecular formula is C18H20BrN3O3. The molecule has 7 heteroatoms. The first kappa shape index (κ1) is 16.7. The van der Waals surface area contributed by atoms with Crippen molar-refractivity contribution in [2.45, 2.75) is 44.3 Å². The van der Waals surface area contributed by atoms with E-state index < -0.39 is 0 Å². The average Bonchev–Trinajstić information content (AvgIpc) is 3.38. The number of halogens is 1. The number of carbonyl (C=O) groups excluding carboxylic acids is 1. The number of aromatic nitrogens is 2. The van der Waals surface area contributed by atoms with Gasteiger partial charge >= 0.3 is 0 Å². The standard InChI is InChI=1S/C18H20BrN3O3/c19-14-3-1-2-13(10-14)18(23)22-8-6-15(7-9-22)24-11-16-20-17(21-25-16)12-4-5-12/h1-3,10,12,15H,4-9,11H2. The van der Waals surface area contributed by atoms with Crippen LogP contribution in [-0.2, 0) is 11.3 Å². The second-order valence-corrected chi connectivity index (χ2v) is 7.55. The van der Waals surface area contributed by atoms with Gasteiger partial charge in [0.1, 0.15) is 6.61 Å². The summed E-state index contributed by atoms with van der Waals surface area (Å²) in [6, 6.07) is 7.51. The molecule has 1 amide bonds. The fraction of sp³-hybridized carbons (Fsp3) is 0.500. The Morgan fingerprint density at radius 2 is 2.08 bits per heavy atom. The van der Waals surface area contributed by atoms with Crippen molar-refractivity contribution in [2.24, 2.45) is 0 Å². The number of hydrogen-bond donors (Lipinski definition) is 0. The second kappa shape index (κ2) is 7.25. The number of piperidine rings is 1. The molecule has 2 aromatic rings. The van der Waals surface area contributed by atoms with E-state index in [-0.39, 0.29) is 12.0 Å². The summed E-state index contributed by atoms with van der Waals surface area (Å²) in [7, 11) is 0. The molecule has 2 heterocycles. The average molecular weight is 406 g/mol. The van der Waals surface area contributed by atoms with Crippen LogP contribution in [-0.4, -0.2) is 40.1 Å². The van der Waals surface area contributed by atoms with Crippen LogP contribution in [0.5, 0.6) is 0 Å². The van der Waals surface area contributed by atoms with Crippen molar-refractivity contribution < 1.29 is 14.1 Å². The highest BCUT2D eigenvalue weighted by Crippen LogP contribution is 2.38. The van der Waals surface area contributed by atoms with Crippen molar-refractivity contribution in [1.82, 2.24) is 15.0 Å². The van der Waals surface area contributed by atoms with Gasteiger partial charge in [0.05, 0.1) is 6.10 Å². The third-order valence-electron chi connectivity index (χ3n) is 4.67. The predicted molar refractivity (Wildman–Crippen MR) is 94.1 cm³/mol. The van der Waals surface area contributed by atoms with Crippen LogP contribution in [0, 0.1) is 0 Å². The Morgan fingerprint density at radius 1 is 1.28 bits per heavy atom. The van der Waals surface area contributed by atoms with E-state index in [1.165, 1.54) is 0 Å². The molecule has 0 N–H and O–H groups in total. The van der Waals surface area contributed by atoms with Crippen molar-refractivity contribution in [3.05, 3.63) is 46.0 Å². The van der Waals surface area contributed by atoms with Crippen LogP contribution in [0.2, 0.25) is 0 Å². The normalized spacial score (nSPS) is 18.5. The van der Waals surface area contributed by atoms with Crippen LogP contribution in [0.3, 0.4) is 0 Å². The fourth-order valence-corrected chi connectivity index (χ4v) is 3.45. The topological polar surface area (TPSA) is 68.5 Å². The summed E-state index contributed by atoms with van der Waals surface area (Å²) in [6.45, 7) is 1.75. The molecule has 0 radical (unpaired) electrons. The van der Waals surface area contributed by atoms with Crippen LogP contribution in [0.15, 0.2) is 33.3 Å². The fourth-order valence-electron chi connectivity index (χ4n) is 3.05. The molecule has 132 valence electrons. The maximum atomic E-state index is 12.5. The molecule has 1 aliphatic carbocycles. The summed E-state index contributed by atoms with van der Waals surface area (Å²) in [5.74, 6) is 1.93. The van der Waals surface area contributed by atoms with Crippen LogP contribution < -0.4 is 0 Å². The van der Waals surface area contributed by atoms with Gasteiger partial charge in [-0.05, 0) is 43.9 Å². The number of carbonyl (C=O) groups is 1. The van der Waals surface area contributed by atoms with Gasteiger partial charge in [-0.3, -0.25) is 4.79 Å². The van der Waals surface area contributed by atoms with Gasteiger partial charge in [-0.2, -0.15) is 4.98 Å². The third kappa shape index (κ3) is 4.10. The Labute approximate surface area is 154 Å². The first-order valence-electron chi connectivity index (χ1n) is 8.68. The molecule has 1 aromatic carbocycles. The van der Waals surface area contributed by atoms with Crippen molar-refractivity contribution in [3.63, 3.8) is 0 Å². The van der Waals surface area contributed by atoms with Crippen molar-refractivity contribution in [2.75, 3.05) is 13.1 Å². The lowest BCUT2D eigenvalue weighted by Crippen LogP contribution is -2.40. The molecule has 0 bridgehead atoms. The maximum absolute atomic E-state index is 12.5. The van der Waals surface area contributed by atoms with E-state index in [0.29, 0.717) is 37.1 Å². The van der Waals surface area contributed by atoms with Gasteiger partial charge in [-0.15, -0.1) is 0 Å². The van der Waals surface area contributed by atoms with Crippen molar-refractivity contribution in [1.29, 1.82) is 0 Å². The first-order chi connectivity index (χ1) is 12.2. The van der Waals surface area contributed by atoms with Crippen LogP contribution >= 0.6 is 15.9 Å². The molecular weight excluding hydrogens is 386 g/mol. The van der Waals surface area contributed by atoms with E-state index in [0.717, 1.165) is 36.0 Å². The Morgan fingerprint density at radius 3 is 2.80 bits per heavy atom. The highest BCUT2D eigenvalue weighted by Gasteiger charge is 2.29. The first-order valence-corrected chi connectivity index (χ1v) is 9.47. The van der Waals surface area contributed by atoms with E-state index in [9.17, 15) is 4.79 Å². The summed E-state index contributed by atoms with van der Waals surface area (Å²) in [4.78, 5) is 18.8. The van der Waals surface area contributed by atoms with Crippen LogP contribution in [0.1, 0.15) is 53.7 Å². The maximum Gasteiger partial charge on any atom is 0.253 e. The number of ether oxygens (including phenoxy) is 1. The molecule has 2 aliphatic rings. The van der Waals surface area contributed by atoms with Gasteiger partial charge in [0.25, 0.3) is 11.8 Å². The van der Waals surface area contributed by atoms with Gasteiger partial charge in [0, 0.05) is 29.0 Å². The van der Waals surface area contributed by atoms with Crippen LogP contribution in [0.4, 0.5) is 0 Å². The molecule has 2 fully saturated rings. The number of rotatable bonds is 5. The Kier molecular flexibility index (Phi) is 4.85. The van der Waals surface area contributed by atoms with E-state index >= 15 is 0 Å². The van der Waals surface area contributed by atoms with E-state index in [1.54, 1.807) is 0 Å². The zero-order valence-electron chi connectivity index (χ0n) is 13.9. The minimum atomic E-state index is 0.0747. The molecule has 0 spiro atoms. The second-order valence-electron chi connectivity index (χ2n) is 6.63. The largest absolute Gasteiger partial charge is 0.368 e. The van der Waals surface area contributed by atoms with Gasteiger partial charge < -0.3 is 14.2 Å². The number of amides is 1. The Balaban J connectivity index is 1.25. The molecule has 1 saturated carbocycles. The highest BCUT2D eigenvalue weighted by molar-refractivity contribution is 9.10. The summed E-state index contributed by atoms with van der Waals surface area (Å²) in [5, 5.41) is 4.00. The molecule has 1 saturated heterocycles. The van der Waals surface area contributed by atoms with Crippen molar-refractivity contribution in [3.8, 4) is 0 Å².